The number of carbonyl (C=O) groups is 2. The van der Waals surface area contributed by atoms with E-state index in [1.54, 1.807) is 0 Å². The maximum absolute atomic E-state index is 12.3. The molecule has 1 aromatic rings. The van der Waals surface area contributed by atoms with Crippen molar-refractivity contribution in [1.82, 2.24) is 5.32 Å². The van der Waals surface area contributed by atoms with Crippen molar-refractivity contribution >= 4 is 11.9 Å². The minimum Gasteiger partial charge on any atom is -0.479 e. The zero-order valence-electron chi connectivity index (χ0n) is 11.6. The first-order valence-electron chi connectivity index (χ1n) is 7.17. The average molecular weight is 273 g/mol. The van der Waals surface area contributed by atoms with Crippen molar-refractivity contribution in [2.24, 2.45) is 11.8 Å². The first-order chi connectivity index (χ1) is 9.53. The first-order valence-corrected chi connectivity index (χ1v) is 7.17. The molecule has 2 aliphatic carbocycles. The molecule has 1 fully saturated rings. The topological polar surface area (TPSA) is 66.4 Å². The van der Waals surface area contributed by atoms with Gasteiger partial charge in [-0.25, -0.2) is 4.79 Å². The molecule has 3 rings (SSSR count). The Morgan fingerprint density at radius 3 is 2.65 bits per heavy atom. The number of fused-ring (bicyclic) bond motifs is 1. The zero-order chi connectivity index (χ0) is 14.3. The fourth-order valence-electron chi connectivity index (χ4n) is 3.45. The van der Waals surface area contributed by atoms with Crippen LogP contribution in [0.2, 0.25) is 0 Å². The van der Waals surface area contributed by atoms with E-state index in [0.29, 0.717) is 18.8 Å². The highest BCUT2D eigenvalue weighted by Crippen LogP contribution is 2.39. The van der Waals surface area contributed by atoms with Gasteiger partial charge in [0.05, 0.1) is 0 Å². The molecule has 20 heavy (non-hydrogen) atoms. The summed E-state index contributed by atoms with van der Waals surface area (Å²) in [5.74, 6) is -0.512. The largest absolute Gasteiger partial charge is 0.479 e. The molecule has 0 aromatic heterocycles. The summed E-state index contributed by atoms with van der Waals surface area (Å²) in [6.45, 7) is 2.11. The maximum Gasteiger partial charge on any atom is 0.334 e. The molecule has 1 unspecified atom stereocenters. The number of rotatable bonds is 3. The number of carboxylic acid groups (broad SMARTS) is 1. The molecule has 4 nitrogen and oxygen atoms in total. The molecule has 106 valence electrons. The number of hydrogen-bond acceptors (Lipinski definition) is 2. The quantitative estimate of drug-likeness (QED) is 0.886. The van der Waals surface area contributed by atoms with Gasteiger partial charge in [-0.15, -0.1) is 0 Å². The molecule has 0 heterocycles. The second kappa shape index (κ2) is 4.62. The number of carbonyl (C=O) groups excluding carboxylic acids is 1. The van der Waals surface area contributed by atoms with Crippen molar-refractivity contribution in [3.8, 4) is 0 Å². The van der Waals surface area contributed by atoms with Crippen LogP contribution in [0.15, 0.2) is 24.3 Å². The van der Waals surface area contributed by atoms with Gasteiger partial charge in [0.1, 0.15) is 0 Å². The molecule has 0 spiro atoms. The second-order valence-corrected chi connectivity index (χ2v) is 6.13. The fraction of sp³-hybridized carbons (Fsp3) is 0.500. The van der Waals surface area contributed by atoms with Gasteiger partial charge in [0.2, 0.25) is 5.91 Å². The van der Waals surface area contributed by atoms with Crippen molar-refractivity contribution in [3.05, 3.63) is 35.4 Å². The molecule has 0 radical (unpaired) electrons. The second-order valence-electron chi connectivity index (χ2n) is 6.13. The molecule has 0 bridgehead atoms. The highest BCUT2D eigenvalue weighted by Gasteiger charge is 2.48. The van der Waals surface area contributed by atoms with Crippen LogP contribution in [0.3, 0.4) is 0 Å². The van der Waals surface area contributed by atoms with Gasteiger partial charge in [-0.1, -0.05) is 31.2 Å². The van der Waals surface area contributed by atoms with Crippen LogP contribution >= 0.6 is 0 Å². The lowest BCUT2D eigenvalue weighted by atomic mass is 9.75. The number of amides is 1. The Morgan fingerprint density at radius 1 is 1.30 bits per heavy atom. The molecule has 0 aliphatic heterocycles. The van der Waals surface area contributed by atoms with E-state index in [9.17, 15) is 14.7 Å². The van der Waals surface area contributed by atoms with Crippen LogP contribution in [-0.2, 0) is 21.5 Å². The summed E-state index contributed by atoms with van der Waals surface area (Å²) in [4.78, 5) is 24.1. The summed E-state index contributed by atoms with van der Waals surface area (Å²) < 4.78 is 0. The Kier molecular flexibility index (Phi) is 3.04. The summed E-state index contributed by atoms with van der Waals surface area (Å²) in [6, 6.07) is 7.50. The van der Waals surface area contributed by atoms with Crippen molar-refractivity contribution in [2.75, 3.05) is 0 Å². The Labute approximate surface area is 118 Å². The predicted octanol–water partition coefficient (Wildman–Crippen LogP) is 2.07. The number of aryl methyl sites for hydroxylation is 1. The van der Waals surface area contributed by atoms with E-state index in [0.717, 1.165) is 24.0 Å². The van der Waals surface area contributed by atoms with E-state index in [2.05, 4.69) is 12.2 Å². The minimum atomic E-state index is -1.23. The van der Waals surface area contributed by atoms with Crippen LogP contribution in [0, 0.1) is 11.8 Å². The predicted molar refractivity (Wildman–Crippen MR) is 74.1 cm³/mol. The van der Waals surface area contributed by atoms with E-state index in [-0.39, 0.29) is 11.8 Å². The zero-order valence-corrected chi connectivity index (χ0v) is 11.6. The third-order valence-electron chi connectivity index (χ3n) is 4.69. The smallest absolute Gasteiger partial charge is 0.334 e. The summed E-state index contributed by atoms with van der Waals surface area (Å²) >= 11 is 0. The van der Waals surface area contributed by atoms with E-state index in [1.807, 2.05) is 24.3 Å². The van der Waals surface area contributed by atoms with E-state index < -0.39 is 11.5 Å². The molecule has 1 saturated carbocycles. The van der Waals surface area contributed by atoms with Crippen LogP contribution in [0.5, 0.6) is 0 Å². The summed E-state index contributed by atoms with van der Waals surface area (Å²) in [5, 5.41) is 12.5. The van der Waals surface area contributed by atoms with Gasteiger partial charge in [-0.3, -0.25) is 4.79 Å². The number of aliphatic carboxylic acids is 1. The van der Waals surface area contributed by atoms with Crippen molar-refractivity contribution in [1.29, 1.82) is 0 Å². The summed E-state index contributed by atoms with van der Waals surface area (Å²) in [7, 11) is 0. The SMILES string of the molecule is CC1CC(C(=O)NC2(C(=O)O)CCc3ccccc32)C1. The highest BCUT2D eigenvalue weighted by atomic mass is 16.4. The minimum absolute atomic E-state index is 0.0195. The van der Waals surface area contributed by atoms with Crippen LogP contribution in [0.1, 0.15) is 37.3 Å². The molecular weight excluding hydrogens is 254 g/mol. The van der Waals surface area contributed by atoms with Gasteiger partial charge >= 0.3 is 5.97 Å². The number of carboxylic acids is 1. The van der Waals surface area contributed by atoms with Gasteiger partial charge in [-0.2, -0.15) is 0 Å². The third kappa shape index (κ3) is 1.90. The third-order valence-corrected chi connectivity index (χ3v) is 4.69. The molecule has 2 aliphatic rings. The normalized spacial score (nSPS) is 31.2. The Morgan fingerprint density at radius 2 is 2.00 bits per heavy atom. The van der Waals surface area contributed by atoms with Crippen LogP contribution in [0.4, 0.5) is 0 Å². The Balaban J connectivity index is 1.87. The summed E-state index contributed by atoms with van der Waals surface area (Å²) in [5.41, 5.74) is 0.539. The van der Waals surface area contributed by atoms with Gasteiger partial charge in [-0.05, 0) is 42.7 Å². The monoisotopic (exact) mass is 273 g/mol. The van der Waals surface area contributed by atoms with Crippen LogP contribution in [-0.4, -0.2) is 17.0 Å². The van der Waals surface area contributed by atoms with Gasteiger partial charge < -0.3 is 10.4 Å². The van der Waals surface area contributed by atoms with Crippen molar-refractivity contribution in [3.63, 3.8) is 0 Å². The van der Waals surface area contributed by atoms with E-state index >= 15 is 0 Å². The average Bonchev–Trinajstić information content (AvgIpc) is 2.76. The lowest BCUT2D eigenvalue weighted by Crippen LogP contribution is -2.53. The lowest BCUT2D eigenvalue weighted by Gasteiger charge is -2.35. The van der Waals surface area contributed by atoms with Crippen LogP contribution < -0.4 is 5.32 Å². The maximum atomic E-state index is 12.3. The summed E-state index contributed by atoms with van der Waals surface area (Å²) in [6.07, 6.45) is 2.87. The van der Waals surface area contributed by atoms with E-state index in [4.69, 9.17) is 0 Å². The van der Waals surface area contributed by atoms with Gasteiger partial charge in [0, 0.05) is 5.92 Å². The highest BCUT2D eigenvalue weighted by molar-refractivity contribution is 5.90. The van der Waals surface area contributed by atoms with Crippen molar-refractivity contribution in [2.45, 2.75) is 38.1 Å². The Hall–Kier alpha value is -1.84. The lowest BCUT2D eigenvalue weighted by molar-refractivity contribution is -0.149. The molecule has 1 atom stereocenters. The number of hydrogen-bond donors (Lipinski definition) is 2. The standard InChI is InChI=1S/C16H19NO3/c1-10-8-12(9-10)14(18)17-16(15(19)20)7-6-11-4-2-3-5-13(11)16/h2-5,10,12H,6-9H2,1H3,(H,17,18)(H,19,20). The number of nitrogens with one attached hydrogen (secondary N) is 1. The molecule has 0 saturated heterocycles. The molecule has 2 N–H and O–H groups in total. The van der Waals surface area contributed by atoms with Gasteiger partial charge in [0.15, 0.2) is 5.54 Å². The van der Waals surface area contributed by atoms with Crippen LogP contribution in [0.25, 0.3) is 0 Å². The van der Waals surface area contributed by atoms with Gasteiger partial charge in [0.25, 0.3) is 0 Å². The molecular formula is C16H19NO3. The van der Waals surface area contributed by atoms with E-state index in [1.165, 1.54) is 0 Å². The van der Waals surface area contributed by atoms with Crippen molar-refractivity contribution < 1.29 is 14.7 Å². The molecule has 1 amide bonds. The molecule has 4 heteroatoms. The number of benzene rings is 1. The Bertz CT molecular complexity index is 563. The first kappa shape index (κ1) is 13.2. The molecule has 1 aromatic carbocycles. The fourth-order valence-corrected chi connectivity index (χ4v) is 3.45.